The van der Waals surface area contributed by atoms with E-state index in [2.05, 4.69) is 10.4 Å². The summed E-state index contributed by atoms with van der Waals surface area (Å²) < 4.78 is 14.8. The van der Waals surface area contributed by atoms with Gasteiger partial charge in [-0.1, -0.05) is 12.1 Å². The van der Waals surface area contributed by atoms with Crippen molar-refractivity contribution in [1.82, 2.24) is 20.0 Å². The fourth-order valence-corrected chi connectivity index (χ4v) is 3.16. The zero-order valence-corrected chi connectivity index (χ0v) is 13.7. The lowest BCUT2D eigenvalue weighted by Crippen LogP contribution is -2.48. The standard InChI is InChI=1S/C18H23FN4O/c19-16-7-5-15(6-8-16)14-20-18(24)23-12-2-1-4-17(23)9-13-22-11-3-10-21-22/h3,5-8,10-11,17H,1-2,4,9,12-14H2,(H,20,24). The van der Waals surface area contributed by atoms with E-state index >= 15 is 0 Å². The lowest BCUT2D eigenvalue weighted by molar-refractivity contribution is 0.143. The van der Waals surface area contributed by atoms with Crippen LogP contribution in [0.4, 0.5) is 9.18 Å². The van der Waals surface area contributed by atoms with Crippen molar-refractivity contribution >= 4 is 6.03 Å². The molecule has 2 heterocycles. The molecule has 6 heteroatoms. The number of piperidine rings is 1. The molecule has 1 fully saturated rings. The van der Waals surface area contributed by atoms with Crippen LogP contribution in [-0.4, -0.2) is 33.3 Å². The number of halogens is 1. The number of carbonyl (C=O) groups is 1. The molecule has 0 radical (unpaired) electrons. The maximum absolute atomic E-state index is 12.9. The van der Waals surface area contributed by atoms with Gasteiger partial charge in [-0.05, 0) is 49.4 Å². The first-order chi connectivity index (χ1) is 11.7. The van der Waals surface area contributed by atoms with E-state index in [1.807, 2.05) is 21.8 Å². The Morgan fingerprint density at radius 3 is 2.88 bits per heavy atom. The number of likely N-dealkylation sites (tertiary alicyclic amines) is 1. The van der Waals surface area contributed by atoms with Crippen molar-refractivity contribution in [3.8, 4) is 0 Å². The minimum absolute atomic E-state index is 0.0375. The number of hydrogen-bond acceptors (Lipinski definition) is 2. The summed E-state index contributed by atoms with van der Waals surface area (Å²) >= 11 is 0. The summed E-state index contributed by atoms with van der Waals surface area (Å²) in [5.41, 5.74) is 0.898. The van der Waals surface area contributed by atoms with E-state index in [0.29, 0.717) is 6.54 Å². The molecule has 2 amide bonds. The molecule has 1 aliphatic heterocycles. The molecule has 128 valence electrons. The van der Waals surface area contributed by atoms with Crippen molar-refractivity contribution in [1.29, 1.82) is 0 Å². The second kappa shape index (κ2) is 7.95. The molecule has 0 saturated carbocycles. The summed E-state index contributed by atoms with van der Waals surface area (Å²) in [6.45, 7) is 2.03. The number of aryl methyl sites for hydroxylation is 1. The van der Waals surface area contributed by atoms with Crippen LogP contribution in [0, 0.1) is 5.82 Å². The smallest absolute Gasteiger partial charge is 0.317 e. The monoisotopic (exact) mass is 330 g/mol. The lowest BCUT2D eigenvalue weighted by atomic mass is 10.00. The predicted octanol–water partition coefficient (Wildman–Crippen LogP) is 3.18. The molecule has 24 heavy (non-hydrogen) atoms. The molecule has 5 nitrogen and oxygen atoms in total. The van der Waals surface area contributed by atoms with Crippen LogP contribution in [0.5, 0.6) is 0 Å². The Kier molecular flexibility index (Phi) is 5.46. The van der Waals surface area contributed by atoms with Gasteiger partial charge in [0.15, 0.2) is 0 Å². The number of carbonyl (C=O) groups excluding carboxylic acids is 1. The molecule has 1 aromatic heterocycles. The number of nitrogens with zero attached hydrogens (tertiary/aromatic N) is 3. The highest BCUT2D eigenvalue weighted by Gasteiger charge is 2.26. The van der Waals surface area contributed by atoms with Crippen LogP contribution in [0.15, 0.2) is 42.7 Å². The highest BCUT2D eigenvalue weighted by atomic mass is 19.1. The Morgan fingerprint density at radius 1 is 1.29 bits per heavy atom. The van der Waals surface area contributed by atoms with E-state index in [9.17, 15) is 9.18 Å². The minimum Gasteiger partial charge on any atom is -0.334 e. The number of aromatic nitrogens is 2. The third kappa shape index (κ3) is 4.34. The normalized spacial score (nSPS) is 17.7. The summed E-state index contributed by atoms with van der Waals surface area (Å²) in [5.74, 6) is -0.264. The van der Waals surface area contributed by atoms with Gasteiger partial charge < -0.3 is 10.2 Å². The Balaban J connectivity index is 1.53. The van der Waals surface area contributed by atoms with Crippen LogP contribution in [0.2, 0.25) is 0 Å². The summed E-state index contributed by atoms with van der Waals surface area (Å²) in [4.78, 5) is 14.5. The SMILES string of the molecule is O=C(NCc1ccc(F)cc1)N1CCCCC1CCn1cccn1. The summed E-state index contributed by atoms with van der Waals surface area (Å²) in [5, 5.41) is 7.17. The first kappa shape index (κ1) is 16.5. The van der Waals surface area contributed by atoms with Gasteiger partial charge in [0.2, 0.25) is 0 Å². The van der Waals surface area contributed by atoms with E-state index in [0.717, 1.165) is 44.3 Å². The number of nitrogens with one attached hydrogen (secondary N) is 1. The first-order valence-electron chi connectivity index (χ1n) is 8.49. The van der Waals surface area contributed by atoms with Crippen LogP contribution in [0.3, 0.4) is 0 Å². The van der Waals surface area contributed by atoms with Crippen LogP contribution in [0.25, 0.3) is 0 Å². The average molecular weight is 330 g/mol. The molecule has 1 aliphatic rings. The number of hydrogen-bond donors (Lipinski definition) is 1. The predicted molar refractivity (Wildman–Crippen MR) is 89.8 cm³/mol. The molecule has 2 aromatic rings. The summed E-state index contributed by atoms with van der Waals surface area (Å²) in [7, 11) is 0. The molecule has 1 unspecified atom stereocenters. The maximum atomic E-state index is 12.9. The molecule has 0 spiro atoms. The molecule has 1 N–H and O–H groups in total. The fraction of sp³-hybridized carbons (Fsp3) is 0.444. The quantitative estimate of drug-likeness (QED) is 0.915. The molecular formula is C18H23FN4O. The van der Waals surface area contributed by atoms with Crippen molar-refractivity contribution in [2.75, 3.05) is 6.54 Å². The Morgan fingerprint density at radius 2 is 2.12 bits per heavy atom. The molecule has 3 rings (SSSR count). The molecule has 1 saturated heterocycles. The number of benzene rings is 1. The summed E-state index contributed by atoms with van der Waals surface area (Å²) in [6.07, 6.45) is 7.86. The number of rotatable bonds is 5. The van der Waals surface area contributed by atoms with Gasteiger partial charge in [0.05, 0.1) is 0 Å². The largest absolute Gasteiger partial charge is 0.334 e. The topological polar surface area (TPSA) is 50.2 Å². The van der Waals surface area contributed by atoms with Gasteiger partial charge in [-0.15, -0.1) is 0 Å². The van der Waals surface area contributed by atoms with E-state index in [1.54, 1.807) is 18.3 Å². The third-order valence-corrected chi connectivity index (χ3v) is 4.50. The molecule has 1 atom stereocenters. The maximum Gasteiger partial charge on any atom is 0.317 e. The highest BCUT2D eigenvalue weighted by Crippen LogP contribution is 2.20. The average Bonchev–Trinajstić information content (AvgIpc) is 3.13. The van der Waals surface area contributed by atoms with Gasteiger partial charge in [0.25, 0.3) is 0 Å². The Labute approximate surface area is 141 Å². The van der Waals surface area contributed by atoms with Crippen LogP contribution in [-0.2, 0) is 13.1 Å². The zero-order valence-electron chi connectivity index (χ0n) is 13.7. The van der Waals surface area contributed by atoms with Crippen molar-refractivity contribution in [3.05, 3.63) is 54.1 Å². The van der Waals surface area contributed by atoms with Crippen molar-refractivity contribution in [2.45, 2.75) is 44.8 Å². The fourth-order valence-electron chi connectivity index (χ4n) is 3.16. The molecule has 0 aliphatic carbocycles. The first-order valence-corrected chi connectivity index (χ1v) is 8.49. The van der Waals surface area contributed by atoms with E-state index < -0.39 is 0 Å². The van der Waals surface area contributed by atoms with Crippen molar-refractivity contribution < 1.29 is 9.18 Å². The number of urea groups is 1. The number of amides is 2. The van der Waals surface area contributed by atoms with Gasteiger partial charge >= 0.3 is 6.03 Å². The van der Waals surface area contributed by atoms with Crippen molar-refractivity contribution in [3.63, 3.8) is 0 Å². The van der Waals surface area contributed by atoms with Gasteiger partial charge in [0, 0.05) is 38.1 Å². The van der Waals surface area contributed by atoms with Gasteiger partial charge in [-0.2, -0.15) is 5.10 Å². The highest BCUT2D eigenvalue weighted by molar-refractivity contribution is 5.74. The Hall–Kier alpha value is -2.37. The van der Waals surface area contributed by atoms with Crippen LogP contribution < -0.4 is 5.32 Å². The lowest BCUT2D eigenvalue weighted by Gasteiger charge is -2.35. The van der Waals surface area contributed by atoms with E-state index in [1.165, 1.54) is 12.1 Å². The van der Waals surface area contributed by atoms with E-state index in [-0.39, 0.29) is 17.9 Å². The van der Waals surface area contributed by atoms with Crippen LogP contribution in [0.1, 0.15) is 31.2 Å². The van der Waals surface area contributed by atoms with Gasteiger partial charge in [0.1, 0.15) is 5.82 Å². The van der Waals surface area contributed by atoms with Crippen molar-refractivity contribution in [2.24, 2.45) is 0 Å². The minimum atomic E-state index is -0.264. The van der Waals surface area contributed by atoms with E-state index in [4.69, 9.17) is 0 Å². The molecule has 0 bridgehead atoms. The second-order valence-corrected chi connectivity index (χ2v) is 6.19. The molecule has 1 aromatic carbocycles. The van der Waals surface area contributed by atoms with Crippen LogP contribution >= 0.6 is 0 Å². The third-order valence-electron chi connectivity index (χ3n) is 4.50. The molecular weight excluding hydrogens is 307 g/mol. The second-order valence-electron chi connectivity index (χ2n) is 6.19. The summed E-state index contributed by atoms with van der Waals surface area (Å²) in [6, 6.07) is 8.33. The van der Waals surface area contributed by atoms with Gasteiger partial charge in [-0.3, -0.25) is 4.68 Å². The Bertz CT molecular complexity index is 642. The van der Waals surface area contributed by atoms with Gasteiger partial charge in [-0.25, -0.2) is 9.18 Å². The zero-order chi connectivity index (χ0) is 16.8.